The Bertz CT molecular complexity index is 83.1. The van der Waals surface area contributed by atoms with Crippen molar-refractivity contribution < 1.29 is 9.16 Å². The summed E-state index contributed by atoms with van der Waals surface area (Å²) in [5.74, 6) is 0. The first kappa shape index (κ1) is 7.25. The van der Waals surface area contributed by atoms with Crippen molar-refractivity contribution >= 4 is 9.76 Å². The molecule has 0 amide bonds. The van der Waals surface area contributed by atoms with Gasteiger partial charge < -0.3 is 9.16 Å². The van der Waals surface area contributed by atoms with Crippen LogP contribution in [0.25, 0.3) is 0 Å². The van der Waals surface area contributed by atoms with Gasteiger partial charge >= 0.3 is 0 Å². The molecule has 0 unspecified atom stereocenters. The molecule has 9 heavy (non-hydrogen) atoms. The SMILES string of the molecule is CC1(C)COCC[SiH2]O1. The van der Waals surface area contributed by atoms with E-state index in [2.05, 4.69) is 13.8 Å². The highest BCUT2D eigenvalue weighted by molar-refractivity contribution is 6.27. The summed E-state index contributed by atoms with van der Waals surface area (Å²) in [6.07, 6.45) is 0. The lowest BCUT2D eigenvalue weighted by molar-refractivity contribution is 0.0189. The van der Waals surface area contributed by atoms with Crippen molar-refractivity contribution in [2.24, 2.45) is 0 Å². The van der Waals surface area contributed by atoms with Gasteiger partial charge in [-0.1, -0.05) is 0 Å². The summed E-state index contributed by atoms with van der Waals surface area (Å²) in [4.78, 5) is 0. The van der Waals surface area contributed by atoms with Crippen LogP contribution in [0.2, 0.25) is 6.04 Å². The van der Waals surface area contributed by atoms with Crippen LogP contribution in [0.5, 0.6) is 0 Å². The minimum Gasteiger partial charge on any atom is -0.417 e. The van der Waals surface area contributed by atoms with Crippen molar-refractivity contribution in [3.8, 4) is 0 Å². The lowest BCUT2D eigenvalue weighted by atomic mass is 10.2. The normalized spacial score (nSPS) is 30.0. The summed E-state index contributed by atoms with van der Waals surface area (Å²) in [5.41, 5.74) is 0.00270. The lowest BCUT2D eigenvalue weighted by Gasteiger charge is -2.21. The van der Waals surface area contributed by atoms with Gasteiger partial charge in [0.15, 0.2) is 9.76 Å². The third-order valence-corrected chi connectivity index (χ3v) is 2.94. The summed E-state index contributed by atoms with van der Waals surface area (Å²) in [6, 6.07) is 1.17. The molecule has 0 N–H and O–H groups in total. The van der Waals surface area contributed by atoms with E-state index in [0.29, 0.717) is 0 Å². The Morgan fingerprint density at radius 1 is 1.44 bits per heavy atom. The molecule has 3 heteroatoms. The third-order valence-electron chi connectivity index (χ3n) is 1.38. The summed E-state index contributed by atoms with van der Waals surface area (Å²) >= 11 is 0. The van der Waals surface area contributed by atoms with Crippen LogP contribution in [0.15, 0.2) is 0 Å². The average Bonchev–Trinajstić information content (AvgIpc) is 1.92. The maximum absolute atomic E-state index is 5.60. The molecule has 0 aromatic rings. The zero-order chi connectivity index (χ0) is 6.74. The molecule has 2 nitrogen and oxygen atoms in total. The van der Waals surface area contributed by atoms with Crippen molar-refractivity contribution in [1.82, 2.24) is 0 Å². The molecule has 0 aromatic carbocycles. The molecule has 1 rings (SSSR count). The largest absolute Gasteiger partial charge is 0.417 e. The van der Waals surface area contributed by atoms with E-state index in [9.17, 15) is 0 Å². The number of hydrogen-bond donors (Lipinski definition) is 0. The van der Waals surface area contributed by atoms with Crippen molar-refractivity contribution in [3.05, 3.63) is 0 Å². The predicted molar refractivity (Wildman–Crippen MR) is 39.3 cm³/mol. The highest BCUT2D eigenvalue weighted by atomic mass is 28.2. The van der Waals surface area contributed by atoms with Crippen LogP contribution < -0.4 is 0 Å². The number of ether oxygens (including phenoxy) is 1. The standard InChI is InChI=1S/C6H14O2Si/c1-6(2)5-7-3-4-9-8-6/h3-5,9H2,1-2H3. The maximum Gasteiger partial charge on any atom is 0.164 e. The van der Waals surface area contributed by atoms with Crippen molar-refractivity contribution in [1.29, 1.82) is 0 Å². The van der Waals surface area contributed by atoms with E-state index in [-0.39, 0.29) is 15.4 Å². The third kappa shape index (κ3) is 2.47. The van der Waals surface area contributed by atoms with Gasteiger partial charge in [0.25, 0.3) is 0 Å². The van der Waals surface area contributed by atoms with Crippen LogP contribution in [0.1, 0.15) is 13.8 Å². The Morgan fingerprint density at radius 2 is 2.22 bits per heavy atom. The van der Waals surface area contributed by atoms with Gasteiger partial charge in [-0.25, -0.2) is 0 Å². The minimum absolute atomic E-state index is 0.00270. The van der Waals surface area contributed by atoms with Crippen molar-refractivity contribution in [3.63, 3.8) is 0 Å². The van der Waals surface area contributed by atoms with Crippen molar-refractivity contribution in [2.45, 2.75) is 25.5 Å². The molecule has 54 valence electrons. The van der Waals surface area contributed by atoms with Gasteiger partial charge in [0.1, 0.15) is 0 Å². The summed E-state index contributed by atoms with van der Waals surface area (Å²) in [5, 5.41) is 0. The van der Waals surface area contributed by atoms with E-state index in [4.69, 9.17) is 9.16 Å². The molecule has 0 aromatic heterocycles. The molecule has 0 spiro atoms. The van der Waals surface area contributed by atoms with E-state index in [1.54, 1.807) is 0 Å². The molecule has 1 saturated heterocycles. The monoisotopic (exact) mass is 146 g/mol. The molecule has 0 bridgehead atoms. The first-order valence-corrected chi connectivity index (χ1v) is 5.00. The van der Waals surface area contributed by atoms with E-state index in [1.165, 1.54) is 6.04 Å². The lowest BCUT2D eigenvalue weighted by Crippen LogP contribution is -2.29. The average molecular weight is 146 g/mol. The zero-order valence-corrected chi connectivity index (χ0v) is 7.56. The fourth-order valence-corrected chi connectivity index (χ4v) is 1.97. The van der Waals surface area contributed by atoms with Gasteiger partial charge in [0, 0.05) is 6.61 Å². The number of rotatable bonds is 0. The Balaban J connectivity index is 2.36. The van der Waals surface area contributed by atoms with Crippen LogP contribution in [-0.4, -0.2) is 28.6 Å². The molecule has 1 fully saturated rings. The summed E-state index contributed by atoms with van der Waals surface area (Å²) < 4.78 is 10.9. The van der Waals surface area contributed by atoms with Crippen LogP contribution in [0.3, 0.4) is 0 Å². The van der Waals surface area contributed by atoms with Gasteiger partial charge in [0.05, 0.1) is 12.2 Å². The first-order chi connectivity index (χ1) is 4.21. The van der Waals surface area contributed by atoms with Gasteiger partial charge in [-0.05, 0) is 19.9 Å². The van der Waals surface area contributed by atoms with Gasteiger partial charge in [-0.15, -0.1) is 0 Å². The Kier molecular flexibility index (Phi) is 2.27. The first-order valence-electron chi connectivity index (χ1n) is 3.42. The molecule has 0 aliphatic carbocycles. The fraction of sp³-hybridized carbons (Fsp3) is 1.00. The quantitative estimate of drug-likeness (QED) is 0.458. The topological polar surface area (TPSA) is 18.5 Å². The molecular formula is C6H14O2Si. The van der Waals surface area contributed by atoms with E-state index in [1.807, 2.05) is 0 Å². The number of hydrogen-bond acceptors (Lipinski definition) is 2. The van der Waals surface area contributed by atoms with Crippen molar-refractivity contribution in [2.75, 3.05) is 13.2 Å². The summed E-state index contributed by atoms with van der Waals surface area (Å²) in [7, 11) is -0.255. The molecule has 0 radical (unpaired) electrons. The molecule has 0 saturated carbocycles. The van der Waals surface area contributed by atoms with Crippen LogP contribution in [0, 0.1) is 0 Å². The van der Waals surface area contributed by atoms with Crippen LogP contribution in [-0.2, 0) is 9.16 Å². The van der Waals surface area contributed by atoms with E-state index < -0.39 is 0 Å². The summed E-state index contributed by atoms with van der Waals surface area (Å²) in [6.45, 7) is 5.85. The molecule has 1 aliphatic heterocycles. The second-order valence-electron chi connectivity index (χ2n) is 3.01. The maximum atomic E-state index is 5.60. The second kappa shape index (κ2) is 2.81. The predicted octanol–water partition coefficient (Wildman–Crippen LogP) is 0.314. The van der Waals surface area contributed by atoms with Gasteiger partial charge in [-0.3, -0.25) is 0 Å². The Hall–Kier alpha value is 0.137. The van der Waals surface area contributed by atoms with E-state index >= 15 is 0 Å². The Morgan fingerprint density at radius 3 is 3.00 bits per heavy atom. The molecular weight excluding hydrogens is 132 g/mol. The molecule has 1 heterocycles. The highest BCUT2D eigenvalue weighted by Crippen LogP contribution is 2.12. The van der Waals surface area contributed by atoms with Crippen LogP contribution >= 0.6 is 0 Å². The highest BCUT2D eigenvalue weighted by Gasteiger charge is 2.20. The molecule has 1 aliphatic rings. The van der Waals surface area contributed by atoms with E-state index in [0.717, 1.165) is 13.2 Å². The Labute approximate surface area is 58.5 Å². The van der Waals surface area contributed by atoms with Crippen LogP contribution in [0.4, 0.5) is 0 Å². The zero-order valence-electron chi connectivity index (χ0n) is 6.14. The van der Waals surface area contributed by atoms with Gasteiger partial charge in [0.2, 0.25) is 0 Å². The second-order valence-corrected chi connectivity index (χ2v) is 4.42. The fourth-order valence-electron chi connectivity index (χ4n) is 0.869. The van der Waals surface area contributed by atoms with Gasteiger partial charge in [-0.2, -0.15) is 0 Å². The molecule has 0 atom stereocenters. The minimum atomic E-state index is -0.255. The smallest absolute Gasteiger partial charge is 0.164 e.